The number of para-hydroxylation sites is 1. The summed E-state index contributed by atoms with van der Waals surface area (Å²) >= 11 is 0. The van der Waals surface area contributed by atoms with Crippen molar-refractivity contribution in [3.8, 4) is 0 Å². The molecule has 35 heavy (non-hydrogen) atoms. The molecule has 1 aromatic carbocycles. The number of aliphatic hydroxyl groups is 2. The molecule has 0 saturated heterocycles. The molecular formula is C25H32F2N6O2. The number of rotatable bonds is 6. The standard InChI is InChI=1S/C25H32F2N6O2/c1-25(2,35)14-6-9-16(12-14)33-22-20(30-24(33)31-21-18(26)4-3-5-19(21)27)13-28-23(32-22)29-15-7-10-17(34)11-8-15/h3-5,13-17,34-35H,6-12H2,1-2H3,(H,30,31)(H,28,29,32)/t14?,15?,16-,17?/m0/s1. The predicted octanol–water partition coefficient (Wildman–Crippen LogP) is 4.68. The molecule has 0 amide bonds. The first kappa shape index (κ1) is 23.9. The quantitative estimate of drug-likeness (QED) is 0.401. The van der Waals surface area contributed by atoms with Crippen molar-refractivity contribution in [1.29, 1.82) is 0 Å². The lowest BCUT2D eigenvalue weighted by atomic mass is 9.89. The summed E-state index contributed by atoms with van der Waals surface area (Å²) < 4.78 is 30.8. The van der Waals surface area contributed by atoms with Crippen LogP contribution in [0.15, 0.2) is 24.4 Å². The van der Waals surface area contributed by atoms with Crippen molar-refractivity contribution in [2.24, 2.45) is 5.92 Å². The van der Waals surface area contributed by atoms with Gasteiger partial charge in [0, 0.05) is 12.1 Å². The number of aliphatic hydroxyl groups excluding tert-OH is 1. The van der Waals surface area contributed by atoms with Crippen LogP contribution >= 0.6 is 0 Å². The van der Waals surface area contributed by atoms with Crippen molar-refractivity contribution >= 4 is 28.7 Å². The molecule has 8 nitrogen and oxygen atoms in total. The van der Waals surface area contributed by atoms with Crippen molar-refractivity contribution in [1.82, 2.24) is 19.5 Å². The summed E-state index contributed by atoms with van der Waals surface area (Å²) in [5, 5.41) is 26.6. The van der Waals surface area contributed by atoms with Crippen molar-refractivity contribution in [3.05, 3.63) is 36.0 Å². The molecule has 188 valence electrons. The zero-order valence-electron chi connectivity index (χ0n) is 20.0. The maximum absolute atomic E-state index is 14.4. The Morgan fingerprint density at radius 3 is 2.40 bits per heavy atom. The second-order valence-corrected chi connectivity index (χ2v) is 10.4. The Bertz CT molecular complexity index is 1180. The molecule has 2 saturated carbocycles. The van der Waals surface area contributed by atoms with E-state index in [2.05, 4.69) is 20.6 Å². The fourth-order valence-corrected chi connectivity index (χ4v) is 5.36. The molecule has 2 aromatic heterocycles. The summed E-state index contributed by atoms with van der Waals surface area (Å²) in [6, 6.07) is 3.82. The van der Waals surface area contributed by atoms with E-state index in [0.29, 0.717) is 23.5 Å². The zero-order valence-corrected chi connectivity index (χ0v) is 20.0. The average molecular weight is 487 g/mol. The van der Waals surface area contributed by atoms with Gasteiger partial charge in [-0.15, -0.1) is 0 Å². The van der Waals surface area contributed by atoms with Gasteiger partial charge in [-0.25, -0.2) is 18.7 Å². The number of anilines is 3. The number of nitrogens with one attached hydrogen (secondary N) is 2. The maximum atomic E-state index is 14.4. The highest BCUT2D eigenvalue weighted by molar-refractivity contribution is 5.76. The second kappa shape index (κ2) is 9.31. The van der Waals surface area contributed by atoms with Gasteiger partial charge in [0.05, 0.1) is 17.9 Å². The smallest absolute Gasteiger partial charge is 0.224 e. The van der Waals surface area contributed by atoms with E-state index in [4.69, 9.17) is 4.98 Å². The van der Waals surface area contributed by atoms with Gasteiger partial charge >= 0.3 is 0 Å². The van der Waals surface area contributed by atoms with E-state index in [-0.39, 0.29) is 35.7 Å². The van der Waals surface area contributed by atoms with Gasteiger partial charge in [0.15, 0.2) is 5.65 Å². The van der Waals surface area contributed by atoms with Crippen molar-refractivity contribution in [3.63, 3.8) is 0 Å². The van der Waals surface area contributed by atoms with E-state index >= 15 is 0 Å². The van der Waals surface area contributed by atoms with Crippen LogP contribution in [0.25, 0.3) is 11.2 Å². The number of hydrogen-bond acceptors (Lipinski definition) is 7. The molecule has 4 N–H and O–H groups in total. The van der Waals surface area contributed by atoms with Gasteiger partial charge in [-0.05, 0) is 76.8 Å². The van der Waals surface area contributed by atoms with Gasteiger partial charge in [0.1, 0.15) is 22.8 Å². The van der Waals surface area contributed by atoms with Crippen molar-refractivity contribution in [2.45, 2.75) is 82.6 Å². The molecule has 0 spiro atoms. The maximum Gasteiger partial charge on any atom is 0.224 e. The van der Waals surface area contributed by atoms with Gasteiger partial charge in [-0.2, -0.15) is 4.98 Å². The summed E-state index contributed by atoms with van der Waals surface area (Å²) in [7, 11) is 0. The molecule has 2 atom stereocenters. The summed E-state index contributed by atoms with van der Waals surface area (Å²) in [5.41, 5.74) is -0.0170. The first-order valence-electron chi connectivity index (χ1n) is 12.3. The Kier molecular flexibility index (Phi) is 6.35. The van der Waals surface area contributed by atoms with E-state index < -0.39 is 17.2 Å². The number of hydrogen-bond donors (Lipinski definition) is 4. The van der Waals surface area contributed by atoms with Crippen LogP contribution in [-0.2, 0) is 0 Å². The highest BCUT2D eigenvalue weighted by atomic mass is 19.1. The molecule has 10 heteroatoms. The molecule has 3 aromatic rings. The van der Waals surface area contributed by atoms with Crippen LogP contribution in [0, 0.1) is 17.6 Å². The molecule has 2 fully saturated rings. The van der Waals surface area contributed by atoms with E-state index in [1.54, 1.807) is 6.20 Å². The first-order valence-corrected chi connectivity index (χ1v) is 12.3. The topological polar surface area (TPSA) is 108 Å². The van der Waals surface area contributed by atoms with Gasteiger partial charge in [-0.3, -0.25) is 4.57 Å². The molecule has 0 bridgehead atoms. The number of imidazole rings is 1. The Labute approximate surface area is 202 Å². The summed E-state index contributed by atoms with van der Waals surface area (Å²) in [6.45, 7) is 3.62. The number of benzene rings is 1. The number of halogens is 2. The van der Waals surface area contributed by atoms with Crippen LogP contribution in [0.4, 0.5) is 26.4 Å². The Morgan fingerprint density at radius 1 is 1.03 bits per heavy atom. The number of nitrogens with zero attached hydrogens (tertiary/aromatic N) is 4. The van der Waals surface area contributed by atoms with E-state index in [1.807, 2.05) is 18.4 Å². The Morgan fingerprint density at radius 2 is 1.74 bits per heavy atom. The average Bonchev–Trinajstić information content (AvgIpc) is 3.42. The molecule has 1 unspecified atom stereocenters. The van der Waals surface area contributed by atoms with Crippen LogP contribution in [0.3, 0.4) is 0 Å². The minimum Gasteiger partial charge on any atom is -0.393 e. The predicted molar refractivity (Wildman–Crippen MR) is 130 cm³/mol. The largest absolute Gasteiger partial charge is 0.393 e. The minimum absolute atomic E-state index is 0.0543. The van der Waals surface area contributed by atoms with Crippen molar-refractivity contribution in [2.75, 3.05) is 10.6 Å². The van der Waals surface area contributed by atoms with Gasteiger partial charge < -0.3 is 20.8 Å². The Hall–Kier alpha value is -2.85. The van der Waals surface area contributed by atoms with Crippen LogP contribution in [0.5, 0.6) is 0 Å². The van der Waals surface area contributed by atoms with E-state index in [1.165, 1.54) is 18.2 Å². The van der Waals surface area contributed by atoms with Crippen LogP contribution < -0.4 is 10.6 Å². The molecule has 2 aliphatic rings. The number of aromatic nitrogens is 4. The highest BCUT2D eigenvalue weighted by Crippen LogP contribution is 2.43. The van der Waals surface area contributed by atoms with Crippen LogP contribution in [-0.4, -0.2) is 47.5 Å². The summed E-state index contributed by atoms with van der Waals surface area (Å²) in [6.07, 6.45) is 6.79. The van der Waals surface area contributed by atoms with E-state index in [0.717, 1.165) is 38.5 Å². The molecule has 2 aliphatic carbocycles. The monoisotopic (exact) mass is 486 g/mol. The van der Waals surface area contributed by atoms with E-state index in [9.17, 15) is 19.0 Å². The van der Waals surface area contributed by atoms with Crippen LogP contribution in [0.1, 0.15) is 64.8 Å². The fraction of sp³-hybridized carbons (Fsp3) is 0.560. The third kappa shape index (κ3) is 4.95. The second-order valence-electron chi connectivity index (χ2n) is 10.4. The van der Waals surface area contributed by atoms with Gasteiger partial charge in [0.25, 0.3) is 0 Å². The normalized spacial score (nSPS) is 25.2. The zero-order chi connectivity index (χ0) is 24.7. The lowest BCUT2D eigenvalue weighted by molar-refractivity contribution is 0.0186. The van der Waals surface area contributed by atoms with Gasteiger partial charge in [-0.1, -0.05) is 6.07 Å². The Balaban J connectivity index is 1.52. The van der Waals surface area contributed by atoms with Crippen molar-refractivity contribution < 1.29 is 19.0 Å². The SMILES string of the molecule is CC(C)(O)C1CC[C@H](n2c(Nc3c(F)cccc3F)nc3cnc(NC4CCC(O)CC4)nc32)C1. The minimum atomic E-state index is -0.830. The number of fused-ring (bicyclic) bond motifs is 1. The third-order valence-electron chi connectivity index (χ3n) is 7.43. The summed E-state index contributed by atoms with van der Waals surface area (Å²) in [5.74, 6) is -0.593. The molecule has 0 radical (unpaired) electrons. The fourth-order valence-electron chi connectivity index (χ4n) is 5.36. The first-order chi connectivity index (χ1) is 16.7. The third-order valence-corrected chi connectivity index (χ3v) is 7.43. The lowest BCUT2D eigenvalue weighted by Gasteiger charge is -2.26. The van der Waals surface area contributed by atoms with Crippen LogP contribution in [0.2, 0.25) is 0 Å². The highest BCUT2D eigenvalue weighted by Gasteiger charge is 2.37. The molecule has 2 heterocycles. The molecule has 5 rings (SSSR count). The molecular weight excluding hydrogens is 454 g/mol. The molecule has 0 aliphatic heterocycles. The summed E-state index contributed by atoms with van der Waals surface area (Å²) in [4.78, 5) is 13.8. The van der Waals surface area contributed by atoms with Gasteiger partial charge in [0.2, 0.25) is 11.9 Å². The lowest BCUT2D eigenvalue weighted by Crippen LogP contribution is -2.29.